The van der Waals surface area contributed by atoms with Gasteiger partial charge in [-0.2, -0.15) is 0 Å². The van der Waals surface area contributed by atoms with Gasteiger partial charge in [-0.15, -0.1) is 0 Å². The molecule has 20 heavy (non-hydrogen) atoms. The summed E-state index contributed by atoms with van der Waals surface area (Å²) >= 11 is 0. The molecule has 3 rings (SSSR count). The van der Waals surface area contributed by atoms with E-state index in [1.807, 2.05) is 12.1 Å². The Labute approximate surface area is 116 Å². The highest BCUT2D eigenvalue weighted by Gasteiger charge is 2.26. The molecule has 1 atom stereocenters. The zero-order chi connectivity index (χ0) is 14.1. The topological polar surface area (TPSA) is 49.7 Å². The van der Waals surface area contributed by atoms with E-state index in [1.54, 1.807) is 0 Å². The Bertz CT molecular complexity index is 630. The fraction of sp³-hybridized carbons (Fsp3) is 0.200. The van der Waals surface area contributed by atoms with Crippen LogP contribution in [0.5, 0.6) is 5.75 Å². The molecule has 0 aromatic heterocycles. The number of benzene rings is 2. The molecule has 0 saturated heterocycles. The van der Waals surface area contributed by atoms with E-state index in [1.165, 1.54) is 23.3 Å². The van der Waals surface area contributed by atoms with Gasteiger partial charge in [0.25, 0.3) is 0 Å². The summed E-state index contributed by atoms with van der Waals surface area (Å²) in [6.45, 7) is 0.460. The average Bonchev–Trinajstić information content (AvgIpc) is 2.39. The maximum absolute atomic E-state index is 13.3. The van der Waals surface area contributed by atoms with Crippen LogP contribution in [-0.4, -0.2) is 23.8 Å². The molecule has 2 aromatic carbocycles. The second kappa shape index (κ2) is 5.27. The zero-order valence-electron chi connectivity index (χ0n) is 10.8. The number of hydrogen-bond acceptors (Lipinski definition) is 3. The molecular formula is C15H14BFO3. The molecule has 3 nitrogen and oxygen atoms in total. The third-order valence-corrected chi connectivity index (χ3v) is 3.60. The number of fused-ring (bicyclic) bond motifs is 1. The van der Waals surface area contributed by atoms with E-state index in [-0.39, 0.29) is 5.46 Å². The van der Waals surface area contributed by atoms with E-state index in [9.17, 15) is 4.39 Å². The average molecular weight is 272 g/mol. The molecule has 0 fully saturated rings. The van der Waals surface area contributed by atoms with Crippen LogP contribution in [0, 0.1) is 5.82 Å². The van der Waals surface area contributed by atoms with E-state index in [2.05, 4.69) is 12.1 Å². The van der Waals surface area contributed by atoms with Gasteiger partial charge in [0.05, 0.1) is 6.61 Å². The van der Waals surface area contributed by atoms with Crippen LogP contribution in [0.4, 0.5) is 4.39 Å². The summed E-state index contributed by atoms with van der Waals surface area (Å²) in [4.78, 5) is 0. The molecule has 2 N–H and O–H groups in total. The third-order valence-electron chi connectivity index (χ3n) is 3.60. The molecule has 0 saturated carbocycles. The minimum absolute atomic E-state index is 0.0917. The predicted molar refractivity (Wildman–Crippen MR) is 74.6 cm³/mol. The van der Waals surface area contributed by atoms with E-state index in [4.69, 9.17) is 14.8 Å². The lowest BCUT2D eigenvalue weighted by Gasteiger charge is -2.29. The quantitative estimate of drug-likeness (QED) is 0.823. The molecule has 2 aromatic rings. The summed E-state index contributed by atoms with van der Waals surface area (Å²) in [5, 5.41) is 18.1. The van der Waals surface area contributed by atoms with Crippen LogP contribution < -0.4 is 10.2 Å². The summed E-state index contributed by atoms with van der Waals surface area (Å²) in [5.41, 5.74) is 2.69. The van der Waals surface area contributed by atoms with Crippen molar-refractivity contribution in [2.75, 3.05) is 6.61 Å². The summed E-state index contributed by atoms with van der Waals surface area (Å²) in [5.74, 6) is 0.0917. The second-order valence-electron chi connectivity index (χ2n) is 5.00. The van der Waals surface area contributed by atoms with Crippen molar-refractivity contribution in [3.05, 3.63) is 59.4 Å². The fourth-order valence-electron chi connectivity index (χ4n) is 2.52. The van der Waals surface area contributed by atoms with Crippen LogP contribution >= 0.6 is 0 Å². The Hall–Kier alpha value is -1.85. The molecule has 0 bridgehead atoms. The normalized spacial score (nSPS) is 16.2. The first-order valence-corrected chi connectivity index (χ1v) is 6.50. The van der Waals surface area contributed by atoms with Gasteiger partial charge in [0, 0.05) is 12.0 Å². The monoisotopic (exact) mass is 272 g/mol. The standard InChI is InChI=1S/C15H14BFO3/c17-13-6-12(16(18)19)7-14(8-13)20-9-11-5-10-3-1-2-4-15(10)11/h1-4,6-8,11,18-19H,5,9H2. The maximum atomic E-state index is 13.3. The van der Waals surface area contributed by atoms with Crippen molar-refractivity contribution in [1.29, 1.82) is 0 Å². The second-order valence-corrected chi connectivity index (χ2v) is 5.00. The number of hydrogen-bond donors (Lipinski definition) is 2. The highest BCUT2D eigenvalue weighted by atomic mass is 19.1. The van der Waals surface area contributed by atoms with Gasteiger partial charge < -0.3 is 14.8 Å². The molecule has 0 amide bonds. The largest absolute Gasteiger partial charge is 0.493 e. The SMILES string of the molecule is OB(O)c1cc(F)cc(OCC2Cc3ccccc32)c1. The Morgan fingerprint density at radius 2 is 2.00 bits per heavy atom. The summed E-state index contributed by atoms with van der Waals surface area (Å²) in [7, 11) is -1.70. The van der Waals surface area contributed by atoms with Crippen molar-refractivity contribution in [1.82, 2.24) is 0 Å². The first kappa shape index (κ1) is 13.2. The van der Waals surface area contributed by atoms with Gasteiger partial charge in [-0.1, -0.05) is 24.3 Å². The summed E-state index contributed by atoms with van der Waals surface area (Å²) in [6.07, 6.45) is 0.959. The van der Waals surface area contributed by atoms with Gasteiger partial charge in [-0.25, -0.2) is 4.39 Å². The lowest BCUT2D eigenvalue weighted by molar-refractivity contribution is 0.274. The number of rotatable bonds is 4. The van der Waals surface area contributed by atoms with Crippen molar-refractivity contribution < 1.29 is 19.2 Å². The van der Waals surface area contributed by atoms with Gasteiger partial charge >= 0.3 is 7.12 Å². The maximum Gasteiger partial charge on any atom is 0.488 e. The summed E-state index contributed by atoms with van der Waals surface area (Å²) < 4.78 is 18.9. The molecule has 5 heteroatoms. The first-order chi connectivity index (χ1) is 9.63. The van der Waals surface area contributed by atoms with Crippen molar-refractivity contribution in [2.24, 2.45) is 0 Å². The van der Waals surface area contributed by atoms with E-state index >= 15 is 0 Å². The zero-order valence-corrected chi connectivity index (χ0v) is 10.8. The van der Waals surface area contributed by atoms with Crippen molar-refractivity contribution in [3.63, 3.8) is 0 Å². The molecular weight excluding hydrogens is 258 g/mol. The molecule has 1 unspecified atom stereocenters. The van der Waals surface area contributed by atoms with Gasteiger partial charge in [-0.3, -0.25) is 0 Å². The summed E-state index contributed by atoms with van der Waals surface area (Å²) in [6, 6.07) is 11.9. The van der Waals surface area contributed by atoms with E-state index in [0.717, 1.165) is 12.5 Å². The Kier molecular flexibility index (Phi) is 3.46. The molecule has 1 aliphatic carbocycles. The van der Waals surface area contributed by atoms with Gasteiger partial charge in [0.2, 0.25) is 0 Å². The molecule has 0 radical (unpaired) electrons. The molecule has 0 spiro atoms. The Morgan fingerprint density at radius 3 is 2.75 bits per heavy atom. The fourth-order valence-corrected chi connectivity index (χ4v) is 2.52. The lowest BCUT2D eigenvalue weighted by atomic mass is 9.78. The van der Waals surface area contributed by atoms with Crippen LogP contribution in [0.2, 0.25) is 0 Å². The lowest BCUT2D eigenvalue weighted by Crippen LogP contribution is -2.30. The van der Waals surface area contributed by atoms with Crippen LogP contribution in [-0.2, 0) is 6.42 Å². The molecule has 0 aliphatic heterocycles. The van der Waals surface area contributed by atoms with Crippen LogP contribution in [0.1, 0.15) is 17.0 Å². The van der Waals surface area contributed by atoms with Crippen LogP contribution in [0.3, 0.4) is 0 Å². The Balaban J connectivity index is 1.68. The van der Waals surface area contributed by atoms with Gasteiger partial charge in [-0.05, 0) is 35.1 Å². The Morgan fingerprint density at radius 1 is 1.20 bits per heavy atom. The predicted octanol–water partition coefficient (Wildman–Crippen LogP) is 1.22. The first-order valence-electron chi connectivity index (χ1n) is 6.50. The van der Waals surface area contributed by atoms with Gasteiger partial charge in [0.1, 0.15) is 11.6 Å². The van der Waals surface area contributed by atoms with Crippen molar-refractivity contribution >= 4 is 12.6 Å². The minimum atomic E-state index is -1.70. The van der Waals surface area contributed by atoms with E-state index < -0.39 is 12.9 Å². The highest BCUT2D eigenvalue weighted by molar-refractivity contribution is 6.58. The van der Waals surface area contributed by atoms with Gasteiger partial charge in [0.15, 0.2) is 0 Å². The highest BCUT2D eigenvalue weighted by Crippen LogP contribution is 2.35. The van der Waals surface area contributed by atoms with E-state index in [0.29, 0.717) is 18.3 Å². The van der Waals surface area contributed by atoms with Crippen LogP contribution in [0.25, 0.3) is 0 Å². The molecule has 1 aliphatic rings. The third kappa shape index (κ3) is 2.55. The van der Waals surface area contributed by atoms with Crippen LogP contribution in [0.15, 0.2) is 42.5 Å². The minimum Gasteiger partial charge on any atom is -0.493 e. The number of ether oxygens (including phenoxy) is 1. The number of halogens is 1. The van der Waals surface area contributed by atoms with Crippen molar-refractivity contribution in [3.8, 4) is 5.75 Å². The molecule has 0 heterocycles. The smallest absolute Gasteiger partial charge is 0.488 e. The van der Waals surface area contributed by atoms with Crippen molar-refractivity contribution in [2.45, 2.75) is 12.3 Å². The molecule has 102 valence electrons.